The number of methoxy groups -OCH3 is 1. The number of aryl methyl sites for hydroxylation is 2. The molecule has 1 unspecified atom stereocenters. The molecule has 1 aliphatic heterocycles. The van der Waals surface area contributed by atoms with Crippen LogP contribution in [0.25, 0.3) is 0 Å². The second kappa shape index (κ2) is 6.24. The smallest absolute Gasteiger partial charge is 0.325 e. The Kier molecular flexibility index (Phi) is 4.25. The number of carbonyl (C=O) groups excluding carboxylic acids is 2. The lowest BCUT2D eigenvalue weighted by Gasteiger charge is -2.22. The number of imide groups is 1. The molecule has 1 heterocycles. The first-order chi connectivity index (χ1) is 11.8. The second-order valence-electron chi connectivity index (χ2n) is 6.67. The molecule has 0 spiro atoms. The summed E-state index contributed by atoms with van der Waals surface area (Å²) in [7, 11) is 1.59. The van der Waals surface area contributed by atoms with E-state index in [0.717, 1.165) is 22.3 Å². The molecule has 1 atom stereocenters. The van der Waals surface area contributed by atoms with Crippen LogP contribution < -0.4 is 10.1 Å². The Morgan fingerprint density at radius 3 is 2.20 bits per heavy atom. The van der Waals surface area contributed by atoms with Gasteiger partial charge in [0.2, 0.25) is 0 Å². The molecule has 0 radical (unpaired) electrons. The molecule has 0 aliphatic carbocycles. The summed E-state index contributed by atoms with van der Waals surface area (Å²) < 4.78 is 5.15. The summed E-state index contributed by atoms with van der Waals surface area (Å²) in [4.78, 5) is 26.7. The molecule has 25 heavy (non-hydrogen) atoms. The van der Waals surface area contributed by atoms with Gasteiger partial charge in [0.15, 0.2) is 0 Å². The predicted molar refractivity (Wildman–Crippen MR) is 95.3 cm³/mol. The highest BCUT2D eigenvalue weighted by atomic mass is 16.5. The Hall–Kier alpha value is -2.82. The fourth-order valence-corrected chi connectivity index (χ4v) is 3.30. The Labute approximate surface area is 147 Å². The highest BCUT2D eigenvalue weighted by Crippen LogP contribution is 2.31. The molecule has 130 valence electrons. The first-order valence-electron chi connectivity index (χ1n) is 8.19. The molecule has 0 bridgehead atoms. The zero-order chi connectivity index (χ0) is 18.2. The van der Waals surface area contributed by atoms with Crippen molar-refractivity contribution in [3.05, 3.63) is 64.7 Å². The first kappa shape index (κ1) is 17.0. The van der Waals surface area contributed by atoms with E-state index >= 15 is 0 Å². The molecule has 3 rings (SSSR count). The van der Waals surface area contributed by atoms with E-state index in [2.05, 4.69) is 11.4 Å². The van der Waals surface area contributed by atoms with Gasteiger partial charge in [0, 0.05) is 0 Å². The monoisotopic (exact) mass is 338 g/mol. The van der Waals surface area contributed by atoms with Gasteiger partial charge in [-0.15, -0.1) is 0 Å². The molecule has 2 aromatic rings. The lowest BCUT2D eigenvalue weighted by molar-refractivity contribution is -0.131. The summed E-state index contributed by atoms with van der Waals surface area (Å²) >= 11 is 0. The number of ether oxygens (including phenoxy) is 1. The summed E-state index contributed by atoms with van der Waals surface area (Å²) in [5.74, 6) is 0.457. The van der Waals surface area contributed by atoms with E-state index in [4.69, 9.17) is 4.74 Å². The molecule has 5 nitrogen and oxygen atoms in total. The van der Waals surface area contributed by atoms with E-state index in [1.54, 1.807) is 38.3 Å². The van der Waals surface area contributed by atoms with Crippen molar-refractivity contribution in [1.82, 2.24) is 10.2 Å². The Morgan fingerprint density at radius 1 is 1.04 bits per heavy atom. The molecule has 1 aliphatic rings. The van der Waals surface area contributed by atoms with Crippen molar-refractivity contribution in [1.29, 1.82) is 0 Å². The zero-order valence-corrected chi connectivity index (χ0v) is 14.9. The molecule has 0 saturated carbocycles. The van der Waals surface area contributed by atoms with Gasteiger partial charge < -0.3 is 10.1 Å². The van der Waals surface area contributed by atoms with E-state index < -0.39 is 5.54 Å². The Morgan fingerprint density at radius 2 is 1.64 bits per heavy atom. The standard InChI is InChI=1S/C20H22N2O3/c1-13-9-14(2)11-15(10-13)12-22-18(23)20(3,21-19(22)24)16-5-7-17(25-4)8-6-16/h5-11H,12H2,1-4H3,(H,21,24). The maximum Gasteiger partial charge on any atom is 0.325 e. The van der Waals surface area contributed by atoms with E-state index in [-0.39, 0.29) is 18.5 Å². The highest BCUT2D eigenvalue weighted by molar-refractivity contribution is 6.07. The van der Waals surface area contributed by atoms with Crippen LogP contribution >= 0.6 is 0 Å². The van der Waals surface area contributed by atoms with Crippen molar-refractivity contribution in [3.8, 4) is 5.75 Å². The minimum absolute atomic E-state index is 0.248. The lowest BCUT2D eigenvalue weighted by Crippen LogP contribution is -2.40. The van der Waals surface area contributed by atoms with Gasteiger partial charge in [-0.3, -0.25) is 9.69 Å². The molecular weight excluding hydrogens is 316 g/mol. The molecule has 1 fully saturated rings. The molecule has 5 heteroatoms. The maximum absolute atomic E-state index is 13.0. The normalized spacial score (nSPS) is 19.9. The average molecular weight is 338 g/mol. The van der Waals surface area contributed by atoms with Crippen LogP contribution in [0.15, 0.2) is 42.5 Å². The Bertz CT molecular complexity index is 809. The zero-order valence-electron chi connectivity index (χ0n) is 14.9. The molecule has 3 amide bonds. The van der Waals surface area contributed by atoms with Gasteiger partial charge in [-0.25, -0.2) is 4.79 Å². The van der Waals surface area contributed by atoms with E-state index in [1.807, 2.05) is 26.0 Å². The van der Waals surface area contributed by atoms with Gasteiger partial charge in [0.05, 0.1) is 13.7 Å². The fraction of sp³-hybridized carbons (Fsp3) is 0.300. The summed E-state index contributed by atoms with van der Waals surface area (Å²) in [6, 6.07) is 12.9. The maximum atomic E-state index is 13.0. The van der Waals surface area contributed by atoms with Gasteiger partial charge in [0.1, 0.15) is 11.3 Å². The largest absolute Gasteiger partial charge is 0.497 e. The summed E-state index contributed by atoms with van der Waals surface area (Å²) in [5.41, 5.74) is 2.83. The minimum Gasteiger partial charge on any atom is -0.497 e. The fourth-order valence-electron chi connectivity index (χ4n) is 3.30. The van der Waals surface area contributed by atoms with Gasteiger partial charge in [-0.2, -0.15) is 0 Å². The van der Waals surface area contributed by atoms with Crippen molar-refractivity contribution in [3.63, 3.8) is 0 Å². The number of nitrogens with zero attached hydrogens (tertiary/aromatic N) is 1. The summed E-state index contributed by atoms with van der Waals surface area (Å²) in [5, 5.41) is 2.83. The molecule has 2 aromatic carbocycles. The van der Waals surface area contributed by atoms with Crippen molar-refractivity contribution >= 4 is 11.9 Å². The van der Waals surface area contributed by atoms with Crippen LogP contribution in [0.4, 0.5) is 4.79 Å². The number of carbonyl (C=O) groups is 2. The number of nitrogens with one attached hydrogen (secondary N) is 1. The van der Waals surface area contributed by atoms with Crippen LogP contribution in [0.3, 0.4) is 0 Å². The van der Waals surface area contributed by atoms with Crippen LogP contribution in [0.5, 0.6) is 5.75 Å². The second-order valence-corrected chi connectivity index (χ2v) is 6.67. The number of rotatable bonds is 4. The third kappa shape index (κ3) is 3.09. The third-order valence-corrected chi connectivity index (χ3v) is 4.56. The van der Waals surface area contributed by atoms with Gasteiger partial charge in [-0.05, 0) is 44.0 Å². The van der Waals surface area contributed by atoms with E-state index in [9.17, 15) is 9.59 Å². The molecular formula is C20H22N2O3. The van der Waals surface area contributed by atoms with Crippen LogP contribution in [0.1, 0.15) is 29.2 Å². The minimum atomic E-state index is -1.07. The number of urea groups is 1. The predicted octanol–water partition coefficient (Wildman–Crippen LogP) is 3.28. The van der Waals surface area contributed by atoms with Crippen molar-refractivity contribution in [2.45, 2.75) is 32.9 Å². The average Bonchev–Trinajstić information content (AvgIpc) is 2.78. The first-order valence-corrected chi connectivity index (χ1v) is 8.19. The number of amides is 3. The number of hydrogen-bond acceptors (Lipinski definition) is 3. The summed E-state index contributed by atoms with van der Waals surface area (Å²) in [6.45, 7) is 6.00. The SMILES string of the molecule is COc1ccc(C2(C)NC(=O)N(Cc3cc(C)cc(C)c3)C2=O)cc1. The highest BCUT2D eigenvalue weighted by Gasteiger charge is 2.48. The van der Waals surface area contributed by atoms with Crippen LogP contribution in [0, 0.1) is 13.8 Å². The third-order valence-electron chi connectivity index (χ3n) is 4.56. The van der Waals surface area contributed by atoms with E-state index in [1.165, 1.54) is 4.90 Å². The van der Waals surface area contributed by atoms with Gasteiger partial charge >= 0.3 is 6.03 Å². The topological polar surface area (TPSA) is 58.6 Å². The quantitative estimate of drug-likeness (QED) is 0.871. The van der Waals surface area contributed by atoms with E-state index in [0.29, 0.717) is 5.75 Å². The number of benzene rings is 2. The van der Waals surface area contributed by atoms with Crippen molar-refractivity contribution in [2.24, 2.45) is 0 Å². The number of hydrogen-bond donors (Lipinski definition) is 1. The summed E-state index contributed by atoms with van der Waals surface area (Å²) in [6.07, 6.45) is 0. The van der Waals surface area contributed by atoms with Crippen LogP contribution in [-0.2, 0) is 16.9 Å². The van der Waals surface area contributed by atoms with Gasteiger partial charge in [0.25, 0.3) is 5.91 Å². The lowest BCUT2D eigenvalue weighted by atomic mass is 9.92. The van der Waals surface area contributed by atoms with Crippen molar-refractivity contribution < 1.29 is 14.3 Å². The Balaban J connectivity index is 1.88. The van der Waals surface area contributed by atoms with Crippen LogP contribution in [0.2, 0.25) is 0 Å². The van der Waals surface area contributed by atoms with Crippen LogP contribution in [-0.4, -0.2) is 23.9 Å². The molecule has 1 N–H and O–H groups in total. The molecule has 1 saturated heterocycles. The van der Waals surface area contributed by atoms with Gasteiger partial charge in [-0.1, -0.05) is 41.5 Å². The molecule has 0 aromatic heterocycles. The van der Waals surface area contributed by atoms with Crippen molar-refractivity contribution in [2.75, 3.05) is 7.11 Å².